The number of nitrogens with zero attached hydrogens (tertiary/aromatic N) is 2. The molecule has 4 N–H and O–H groups in total. The zero-order valence-corrected chi connectivity index (χ0v) is 20.0. The van der Waals surface area contributed by atoms with E-state index in [1.54, 1.807) is 60.8 Å². The number of carbonyl (C=O) groups is 2. The van der Waals surface area contributed by atoms with Crippen LogP contribution in [-0.2, 0) is 15.1 Å². The number of rotatable bonds is 6. The maximum absolute atomic E-state index is 13.4. The number of methoxy groups -OCH3 is 2. The van der Waals surface area contributed by atoms with Crippen LogP contribution in [0.5, 0.6) is 5.75 Å². The van der Waals surface area contributed by atoms with E-state index in [0.717, 1.165) is 0 Å². The van der Waals surface area contributed by atoms with Gasteiger partial charge in [0.1, 0.15) is 24.1 Å². The van der Waals surface area contributed by atoms with Crippen molar-refractivity contribution in [3.8, 4) is 23.8 Å². The Bertz CT molecular complexity index is 1430. The number of benzene rings is 2. The molecule has 1 aliphatic rings. The number of ether oxygens (including phenoxy) is 2. The van der Waals surface area contributed by atoms with Crippen LogP contribution in [0.3, 0.4) is 0 Å². The fourth-order valence-electron chi connectivity index (χ4n) is 5.24. The Morgan fingerprint density at radius 2 is 1.83 bits per heavy atom. The van der Waals surface area contributed by atoms with Gasteiger partial charge >= 0.3 is 6.03 Å². The molecule has 1 fully saturated rings. The van der Waals surface area contributed by atoms with Gasteiger partial charge in [-0.3, -0.25) is 14.2 Å². The average Bonchev–Trinajstić information content (AvgIpc) is 3.27. The summed E-state index contributed by atoms with van der Waals surface area (Å²) in [7, 11) is 2.96. The largest absolute Gasteiger partial charge is 0.495 e. The lowest BCUT2D eigenvalue weighted by Gasteiger charge is -2.42. The molecule has 1 aliphatic heterocycles. The zero-order chi connectivity index (χ0) is 26.1. The van der Waals surface area contributed by atoms with Crippen molar-refractivity contribution in [3.05, 3.63) is 88.3 Å². The Hall–Kier alpha value is -4.39. The van der Waals surface area contributed by atoms with E-state index in [1.807, 2.05) is 0 Å². The van der Waals surface area contributed by atoms with Crippen LogP contribution in [0.25, 0.3) is 5.69 Å². The number of urea groups is 1. The Kier molecular flexibility index (Phi) is 6.41. The van der Waals surface area contributed by atoms with Crippen LogP contribution in [0.1, 0.15) is 17.5 Å². The summed E-state index contributed by atoms with van der Waals surface area (Å²) < 4.78 is 12.1. The number of hydrogen-bond donors (Lipinski definition) is 2. The second kappa shape index (κ2) is 9.34. The number of likely N-dealkylation sites (tertiary alicyclic amines) is 1. The van der Waals surface area contributed by atoms with E-state index in [-0.39, 0.29) is 18.5 Å². The lowest BCUT2D eigenvalue weighted by Crippen LogP contribution is -2.70. The Labute approximate surface area is 208 Å². The number of aromatic nitrogens is 1. The fraction of sp³-hybridized carbons (Fsp3) is 0.222. The van der Waals surface area contributed by atoms with Crippen LogP contribution in [0.2, 0.25) is 0 Å². The average molecular weight is 488 g/mol. The van der Waals surface area contributed by atoms with Gasteiger partial charge in [0.15, 0.2) is 0 Å². The van der Waals surface area contributed by atoms with Crippen LogP contribution in [0, 0.1) is 12.3 Å². The number of nitrogens with two attached hydrogens (primary N) is 2. The molecule has 1 unspecified atom stereocenters. The summed E-state index contributed by atoms with van der Waals surface area (Å²) in [6.45, 7) is 0.0758. The van der Waals surface area contributed by atoms with Gasteiger partial charge in [0, 0.05) is 49.1 Å². The molecule has 36 heavy (non-hydrogen) atoms. The molecule has 9 heteroatoms. The van der Waals surface area contributed by atoms with Crippen LogP contribution in [0.15, 0.2) is 71.7 Å². The number of amides is 3. The van der Waals surface area contributed by atoms with E-state index in [2.05, 4.69) is 5.92 Å². The van der Waals surface area contributed by atoms with Gasteiger partial charge in [-0.2, -0.15) is 4.48 Å². The van der Waals surface area contributed by atoms with Crippen LogP contribution in [0.4, 0.5) is 10.5 Å². The fourth-order valence-corrected chi connectivity index (χ4v) is 5.24. The highest BCUT2D eigenvalue weighted by Crippen LogP contribution is 2.50. The van der Waals surface area contributed by atoms with Gasteiger partial charge in [0.2, 0.25) is 5.54 Å². The molecule has 0 aliphatic carbocycles. The molecular formula is C27H27N4O5+. The molecule has 0 saturated carbocycles. The second-order valence-electron chi connectivity index (χ2n) is 8.60. The van der Waals surface area contributed by atoms with Crippen molar-refractivity contribution in [1.29, 1.82) is 0 Å². The van der Waals surface area contributed by atoms with Crippen molar-refractivity contribution in [1.82, 2.24) is 9.05 Å². The molecule has 4 rings (SSSR count). The highest BCUT2D eigenvalue weighted by atomic mass is 16.5. The molecule has 0 spiro atoms. The molecule has 3 atom stereocenters. The zero-order valence-electron chi connectivity index (χ0n) is 20.0. The summed E-state index contributed by atoms with van der Waals surface area (Å²) in [5.41, 5.74) is 12.2. The number of terminal acetylenes is 1. The predicted octanol–water partition coefficient (Wildman–Crippen LogP) is 2.01. The van der Waals surface area contributed by atoms with E-state index >= 15 is 0 Å². The van der Waals surface area contributed by atoms with E-state index < -0.39 is 28.1 Å². The first-order valence-electron chi connectivity index (χ1n) is 11.2. The molecule has 184 valence electrons. The van der Waals surface area contributed by atoms with Crippen molar-refractivity contribution >= 4 is 17.6 Å². The maximum atomic E-state index is 13.4. The predicted molar refractivity (Wildman–Crippen MR) is 135 cm³/mol. The standard InChI is InChI=1S/C27H26N4O5/c1-4-18-8-11-20(12-9-18)31(26(29)34)17-21(35-2)16-27(31,25(28)33)19-10-13-22(23(15-19)36-3)30-14-6-5-7-24(30)32/h1,5-15,21H,16-17H2,2-3H3,(H3-,28,29,33,34)/p+1/t21-,27-,31?/m1/s1. The summed E-state index contributed by atoms with van der Waals surface area (Å²) in [5.74, 6) is 2.10. The molecule has 3 aromatic rings. The molecule has 9 nitrogen and oxygen atoms in total. The monoisotopic (exact) mass is 487 g/mol. The van der Waals surface area contributed by atoms with Gasteiger partial charge in [-0.05, 0) is 36.4 Å². The first-order valence-corrected chi connectivity index (χ1v) is 11.2. The molecule has 2 heterocycles. The van der Waals surface area contributed by atoms with Crippen molar-refractivity contribution in [2.24, 2.45) is 11.5 Å². The lowest BCUT2D eigenvalue weighted by atomic mass is 9.83. The van der Waals surface area contributed by atoms with Gasteiger partial charge < -0.3 is 20.9 Å². The highest BCUT2D eigenvalue weighted by Gasteiger charge is 2.68. The lowest BCUT2D eigenvalue weighted by molar-refractivity contribution is -0.127. The van der Waals surface area contributed by atoms with E-state index in [4.69, 9.17) is 27.4 Å². The summed E-state index contributed by atoms with van der Waals surface area (Å²) in [6.07, 6.45) is 6.69. The number of primary amides is 2. The first-order chi connectivity index (χ1) is 17.2. The summed E-state index contributed by atoms with van der Waals surface area (Å²) >= 11 is 0. The first kappa shape index (κ1) is 24.7. The van der Waals surface area contributed by atoms with Gasteiger partial charge in [0.05, 0.1) is 12.8 Å². The number of hydrogen-bond acceptors (Lipinski definition) is 5. The van der Waals surface area contributed by atoms with Crippen molar-refractivity contribution in [3.63, 3.8) is 0 Å². The summed E-state index contributed by atoms with van der Waals surface area (Å²) in [5, 5.41) is 0. The van der Waals surface area contributed by atoms with Crippen molar-refractivity contribution in [2.45, 2.75) is 18.1 Å². The summed E-state index contributed by atoms with van der Waals surface area (Å²) in [6, 6.07) is 15.6. The third-order valence-corrected chi connectivity index (χ3v) is 6.98. The minimum Gasteiger partial charge on any atom is -0.495 e. The van der Waals surface area contributed by atoms with E-state index in [9.17, 15) is 14.4 Å². The van der Waals surface area contributed by atoms with Gasteiger partial charge in [-0.25, -0.2) is 4.79 Å². The van der Waals surface area contributed by atoms with Gasteiger partial charge in [-0.1, -0.05) is 12.0 Å². The molecule has 0 bridgehead atoms. The number of carbonyl (C=O) groups excluding carboxylic acids is 2. The Morgan fingerprint density at radius 1 is 1.11 bits per heavy atom. The maximum Gasteiger partial charge on any atom is 0.420 e. The van der Waals surface area contributed by atoms with Gasteiger partial charge in [-0.15, -0.1) is 6.42 Å². The van der Waals surface area contributed by atoms with Gasteiger partial charge in [0.25, 0.3) is 11.5 Å². The third-order valence-electron chi connectivity index (χ3n) is 6.98. The van der Waals surface area contributed by atoms with Crippen molar-refractivity contribution < 1.29 is 19.1 Å². The normalized spacial score (nSPS) is 23.1. The van der Waals surface area contributed by atoms with E-state index in [0.29, 0.717) is 28.3 Å². The summed E-state index contributed by atoms with van der Waals surface area (Å²) in [4.78, 5) is 39.2. The molecular weight excluding hydrogens is 460 g/mol. The molecule has 0 radical (unpaired) electrons. The SMILES string of the molecule is C#Cc1ccc([N+]2(C(N)=O)C[C@H](OC)C[C@]2(C(N)=O)c2ccc(-n3ccccc3=O)c(OC)c2)cc1. The molecule has 1 aromatic heterocycles. The number of quaternary nitrogens is 1. The van der Waals surface area contributed by atoms with Crippen molar-refractivity contribution in [2.75, 3.05) is 20.8 Å². The minimum absolute atomic E-state index is 0.0758. The smallest absolute Gasteiger partial charge is 0.420 e. The third kappa shape index (κ3) is 3.55. The van der Waals surface area contributed by atoms with Crippen LogP contribution in [-0.4, -0.2) is 43.4 Å². The van der Waals surface area contributed by atoms with Crippen LogP contribution < -0.4 is 26.2 Å². The Balaban J connectivity index is 2.02. The highest BCUT2D eigenvalue weighted by molar-refractivity contribution is 5.99. The molecule has 1 saturated heterocycles. The second-order valence-corrected chi connectivity index (χ2v) is 8.60. The number of pyridine rings is 1. The topological polar surface area (TPSA) is 127 Å². The Morgan fingerprint density at radius 3 is 2.39 bits per heavy atom. The minimum atomic E-state index is -1.63. The molecule has 3 amide bonds. The molecule has 2 aromatic carbocycles. The quantitative estimate of drug-likeness (QED) is 0.406. The van der Waals surface area contributed by atoms with E-state index in [1.165, 1.54) is 24.9 Å². The van der Waals surface area contributed by atoms with Crippen LogP contribution >= 0.6 is 0 Å².